The highest BCUT2D eigenvalue weighted by atomic mass is 32.2. The number of nitrogens with two attached hydrogens (primary N) is 3. The molecule has 0 saturated heterocycles. The van der Waals surface area contributed by atoms with Gasteiger partial charge in [0.2, 0.25) is 17.8 Å². The lowest BCUT2D eigenvalue weighted by Gasteiger charge is -2.07. The summed E-state index contributed by atoms with van der Waals surface area (Å²) in [4.78, 5) is 23.2. The number of nitrogens with zero attached hydrogens (tertiary/aromatic N) is 6. The molecule has 57 heavy (non-hydrogen) atoms. The molecule has 0 spiro atoms. The first kappa shape index (κ1) is 42.7. The molecule has 0 atom stereocenters. The van der Waals surface area contributed by atoms with E-state index in [9.17, 15) is 25.3 Å². The van der Waals surface area contributed by atoms with Gasteiger partial charge in [0.05, 0.1) is 73.2 Å². The summed E-state index contributed by atoms with van der Waals surface area (Å²) in [5.41, 5.74) is 18.0. The Balaban J connectivity index is 0.000000189. The predicted molar refractivity (Wildman–Crippen MR) is 211 cm³/mol. The lowest BCUT2D eigenvalue weighted by Crippen LogP contribution is -2.15. The molecule has 0 saturated carbocycles. The maximum absolute atomic E-state index is 12.0. The van der Waals surface area contributed by atoms with Crippen molar-refractivity contribution in [2.24, 2.45) is 0 Å². The van der Waals surface area contributed by atoms with E-state index in [1.807, 2.05) is 0 Å². The van der Waals surface area contributed by atoms with Crippen molar-refractivity contribution in [3.63, 3.8) is 0 Å². The van der Waals surface area contributed by atoms with Crippen LogP contribution in [0.5, 0.6) is 17.2 Å². The number of sulfonamides is 3. The van der Waals surface area contributed by atoms with Crippen molar-refractivity contribution in [2.45, 2.75) is 14.7 Å². The van der Waals surface area contributed by atoms with Crippen molar-refractivity contribution in [1.82, 2.24) is 29.9 Å². The van der Waals surface area contributed by atoms with Crippen LogP contribution in [-0.2, 0) is 30.1 Å². The molecule has 0 fully saturated rings. The first-order chi connectivity index (χ1) is 27.0. The van der Waals surface area contributed by atoms with E-state index >= 15 is 0 Å². The van der Waals surface area contributed by atoms with Crippen LogP contribution < -0.4 is 45.6 Å². The van der Waals surface area contributed by atoms with Gasteiger partial charge in [-0.1, -0.05) is 0 Å². The van der Waals surface area contributed by atoms with Crippen LogP contribution in [0.2, 0.25) is 0 Å². The molecule has 0 radical (unpaired) electrons. The molecule has 3 aromatic heterocycles. The molecular weight excluding hydrogens is 805 g/mol. The summed E-state index contributed by atoms with van der Waals surface area (Å²) >= 11 is 0. The molecule has 0 aliphatic heterocycles. The van der Waals surface area contributed by atoms with E-state index < -0.39 is 30.1 Å². The summed E-state index contributed by atoms with van der Waals surface area (Å²) in [6.45, 7) is 0. The number of rotatable bonds is 12. The Kier molecular flexibility index (Phi) is 14.2. The van der Waals surface area contributed by atoms with Gasteiger partial charge in [0.15, 0.2) is 17.2 Å². The molecule has 3 aromatic carbocycles. The average molecular weight is 841 g/mol. The number of hydrogen-bond donors (Lipinski definition) is 6. The summed E-state index contributed by atoms with van der Waals surface area (Å²) in [7, 11) is -6.76. The smallest absolute Gasteiger partial charge is 0.264 e. The van der Waals surface area contributed by atoms with Crippen molar-refractivity contribution in [3.8, 4) is 17.2 Å². The Morgan fingerprint density at radius 3 is 0.754 bits per heavy atom. The highest BCUT2D eigenvalue weighted by molar-refractivity contribution is 7.93. The van der Waals surface area contributed by atoms with Gasteiger partial charge >= 0.3 is 0 Å². The van der Waals surface area contributed by atoms with Gasteiger partial charge in [-0.2, -0.15) is 0 Å². The van der Waals surface area contributed by atoms with Gasteiger partial charge in [0.1, 0.15) is 0 Å². The third-order valence-electron chi connectivity index (χ3n) is 6.84. The van der Waals surface area contributed by atoms with Crippen molar-refractivity contribution < 1.29 is 39.5 Å². The minimum absolute atomic E-state index is 0.0300. The molecule has 300 valence electrons. The molecule has 9 N–H and O–H groups in total. The predicted octanol–water partition coefficient (Wildman–Crippen LogP) is 2.60. The van der Waals surface area contributed by atoms with E-state index in [1.54, 1.807) is 0 Å². The molecule has 24 heteroatoms. The van der Waals surface area contributed by atoms with Crippen LogP contribution in [0.15, 0.2) is 125 Å². The quantitative estimate of drug-likeness (QED) is 0.0964. The fourth-order valence-electron chi connectivity index (χ4n) is 3.90. The zero-order chi connectivity index (χ0) is 41.6. The maximum Gasteiger partial charge on any atom is 0.264 e. The Hall–Kier alpha value is -7.05. The SMILES string of the molecule is COc1cnc(NS(=O)(=O)c2ccc(N)cc2)nc1.COc1cnc(NS(=O)(=O)c2ccc(N)cc2)nc1.COc1cnc(NS(=O)(=O)c2ccc(N)cc2)nc1. The summed E-state index contributed by atoms with van der Waals surface area (Å²) in [5.74, 6) is 1.23. The Labute approximate surface area is 327 Å². The van der Waals surface area contributed by atoms with Gasteiger partial charge in [-0.25, -0.2) is 69.3 Å². The lowest BCUT2D eigenvalue weighted by molar-refractivity contribution is 0.411. The number of nitrogen functional groups attached to an aromatic ring is 3. The standard InChI is InChI=1S/3C11H12N4O3S/c3*1-18-9-6-13-11(14-7-9)15-19(16,17)10-4-2-8(12)3-5-10/h3*2-7H,12H2,1H3,(H,13,14,15). The molecule has 0 unspecified atom stereocenters. The average Bonchev–Trinajstić information content (AvgIpc) is 3.19. The zero-order valence-electron chi connectivity index (χ0n) is 30.2. The fourth-order valence-corrected chi connectivity index (χ4v) is 6.78. The molecule has 21 nitrogen and oxygen atoms in total. The number of aromatic nitrogens is 6. The largest absolute Gasteiger partial charge is 0.494 e. The van der Waals surface area contributed by atoms with E-state index in [0.717, 1.165) is 0 Å². The minimum atomic E-state index is -3.72. The van der Waals surface area contributed by atoms with Gasteiger partial charge < -0.3 is 31.4 Å². The van der Waals surface area contributed by atoms with Crippen LogP contribution in [-0.4, -0.2) is 76.5 Å². The Bertz CT molecular complexity index is 2250. The van der Waals surface area contributed by atoms with E-state index in [0.29, 0.717) is 34.3 Å². The second-order valence-corrected chi connectivity index (χ2v) is 15.9. The van der Waals surface area contributed by atoms with Crippen LogP contribution in [0.3, 0.4) is 0 Å². The molecule has 0 aliphatic rings. The first-order valence-corrected chi connectivity index (χ1v) is 20.2. The fraction of sp³-hybridized carbons (Fsp3) is 0.0909. The number of nitrogens with one attached hydrogen (secondary N) is 3. The molecule has 0 bridgehead atoms. The normalized spacial score (nSPS) is 11.0. The van der Waals surface area contributed by atoms with Crippen molar-refractivity contribution in [3.05, 3.63) is 110 Å². The maximum atomic E-state index is 12.0. The Morgan fingerprint density at radius 2 is 0.579 bits per heavy atom. The number of methoxy groups -OCH3 is 3. The van der Waals surface area contributed by atoms with Crippen LogP contribution in [0.25, 0.3) is 0 Å². The van der Waals surface area contributed by atoms with Crippen LogP contribution in [0.1, 0.15) is 0 Å². The van der Waals surface area contributed by atoms with E-state index in [1.165, 1.54) is 131 Å². The number of hydrogen-bond acceptors (Lipinski definition) is 18. The molecule has 3 heterocycles. The van der Waals surface area contributed by atoms with Gasteiger partial charge in [-0.15, -0.1) is 0 Å². The number of anilines is 6. The molecule has 0 amide bonds. The van der Waals surface area contributed by atoms with Crippen molar-refractivity contribution >= 4 is 65.0 Å². The topological polar surface area (TPSA) is 322 Å². The van der Waals surface area contributed by atoms with Crippen LogP contribution in [0, 0.1) is 0 Å². The number of benzene rings is 3. The highest BCUT2D eigenvalue weighted by Crippen LogP contribution is 2.18. The molecule has 6 aromatic rings. The Morgan fingerprint density at radius 1 is 0.386 bits per heavy atom. The second kappa shape index (κ2) is 19.0. The molecular formula is C33H36N12O9S3. The summed E-state index contributed by atoms with van der Waals surface area (Å²) in [5, 5.41) is 0. The molecule has 0 aliphatic carbocycles. The van der Waals surface area contributed by atoms with Crippen molar-refractivity contribution in [1.29, 1.82) is 0 Å². The molecule has 6 rings (SSSR count). The van der Waals surface area contributed by atoms with Crippen LogP contribution in [0.4, 0.5) is 34.9 Å². The van der Waals surface area contributed by atoms with E-state index in [4.69, 9.17) is 31.4 Å². The zero-order valence-corrected chi connectivity index (χ0v) is 32.7. The van der Waals surface area contributed by atoms with E-state index in [-0.39, 0.29) is 32.5 Å². The second-order valence-electron chi connectivity index (χ2n) is 10.9. The minimum Gasteiger partial charge on any atom is -0.494 e. The third-order valence-corrected chi connectivity index (χ3v) is 10.9. The lowest BCUT2D eigenvalue weighted by atomic mass is 10.3. The van der Waals surface area contributed by atoms with Gasteiger partial charge in [0.25, 0.3) is 30.1 Å². The summed E-state index contributed by atoms with van der Waals surface area (Å²) in [6.07, 6.45) is 8.21. The van der Waals surface area contributed by atoms with Gasteiger partial charge in [-0.05, 0) is 72.8 Å². The monoisotopic (exact) mass is 840 g/mol. The first-order valence-electron chi connectivity index (χ1n) is 15.8. The highest BCUT2D eigenvalue weighted by Gasteiger charge is 2.17. The third kappa shape index (κ3) is 12.8. The summed E-state index contributed by atoms with van der Waals surface area (Å²) < 4.78 is 93.4. The summed E-state index contributed by atoms with van der Waals surface area (Å²) in [6, 6.07) is 17.4. The van der Waals surface area contributed by atoms with Crippen molar-refractivity contribution in [2.75, 3.05) is 52.7 Å². The van der Waals surface area contributed by atoms with E-state index in [2.05, 4.69) is 44.1 Å². The van der Waals surface area contributed by atoms with Gasteiger partial charge in [-0.3, -0.25) is 0 Å². The van der Waals surface area contributed by atoms with Crippen LogP contribution >= 0.6 is 0 Å². The van der Waals surface area contributed by atoms with Gasteiger partial charge in [0, 0.05) is 17.1 Å². The number of ether oxygens (including phenoxy) is 3.